The number of halogens is 1. The topological polar surface area (TPSA) is 78.5 Å². The number of carbonyl (C=O) groups excluding carboxylic acids is 1. The fraction of sp³-hybridized carbons (Fsp3) is 0.435. The van der Waals surface area contributed by atoms with Crippen LogP contribution in [0.4, 0.5) is 5.69 Å². The molecule has 3 rings (SSSR count). The highest BCUT2D eigenvalue weighted by atomic mass is 35.5. The molecule has 31 heavy (non-hydrogen) atoms. The summed E-state index contributed by atoms with van der Waals surface area (Å²) >= 11 is 5.86. The summed E-state index contributed by atoms with van der Waals surface area (Å²) in [6.45, 7) is 6.21. The van der Waals surface area contributed by atoms with Crippen LogP contribution >= 0.6 is 11.6 Å². The van der Waals surface area contributed by atoms with Crippen LogP contribution in [0.2, 0.25) is 5.02 Å². The van der Waals surface area contributed by atoms with Gasteiger partial charge in [0.2, 0.25) is 10.0 Å². The van der Waals surface area contributed by atoms with Crippen molar-refractivity contribution >= 4 is 33.2 Å². The van der Waals surface area contributed by atoms with Gasteiger partial charge in [-0.1, -0.05) is 44.0 Å². The van der Waals surface area contributed by atoms with Gasteiger partial charge in [-0.2, -0.15) is 0 Å². The van der Waals surface area contributed by atoms with Crippen LogP contribution in [-0.2, 0) is 10.0 Å². The van der Waals surface area contributed by atoms with Crippen molar-refractivity contribution in [2.75, 3.05) is 24.5 Å². The van der Waals surface area contributed by atoms with E-state index in [1.807, 2.05) is 24.3 Å². The molecule has 1 atom stereocenters. The van der Waals surface area contributed by atoms with Gasteiger partial charge in [0.1, 0.15) is 0 Å². The van der Waals surface area contributed by atoms with E-state index in [0.717, 1.165) is 12.1 Å². The Bertz CT molecular complexity index is 987. The van der Waals surface area contributed by atoms with Crippen molar-refractivity contribution in [3.63, 3.8) is 0 Å². The Morgan fingerprint density at radius 1 is 1.13 bits per heavy atom. The monoisotopic (exact) mass is 463 g/mol. The Morgan fingerprint density at radius 2 is 1.77 bits per heavy atom. The highest BCUT2D eigenvalue weighted by molar-refractivity contribution is 7.89. The molecule has 1 unspecified atom stereocenters. The second-order valence-electron chi connectivity index (χ2n) is 8.08. The van der Waals surface area contributed by atoms with E-state index in [-0.39, 0.29) is 16.8 Å². The number of sulfonamides is 1. The Labute approximate surface area is 190 Å². The van der Waals surface area contributed by atoms with Crippen molar-refractivity contribution < 1.29 is 13.2 Å². The summed E-state index contributed by atoms with van der Waals surface area (Å²) in [7, 11) is -3.59. The standard InChI is InChI=1S/C23H30ClN3O3S/c1-3-17(2)16-25-23(28)21-6-4-5-7-22(21)27-14-12-19(13-15-27)26-31(29,30)20-10-8-18(24)9-11-20/h4-11,17,19,26H,3,12-16H2,1-2H3,(H,25,28). The van der Waals surface area contributed by atoms with E-state index in [0.29, 0.717) is 49.0 Å². The molecule has 2 N–H and O–H groups in total. The molecule has 1 fully saturated rings. The molecule has 0 saturated carbocycles. The number of hydrogen-bond acceptors (Lipinski definition) is 4. The maximum absolute atomic E-state index is 12.7. The number of hydrogen-bond donors (Lipinski definition) is 2. The maximum Gasteiger partial charge on any atom is 0.253 e. The largest absolute Gasteiger partial charge is 0.371 e. The lowest BCUT2D eigenvalue weighted by atomic mass is 10.0. The predicted molar refractivity (Wildman–Crippen MR) is 125 cm³/mol. The molecule has 1 amide bonds. The highest BCUT2D eigenvalue weighted by Gasteiger charge is 2.26. The van der Waals surface area contributed by atoms with Crippen LogP contribution in [0.15, 0.2) is 53.4 Å². The van der Waals surface area contributed by atoms with E-state index in [1.165, 1.54) is 12.1 Å². The number of benzene rings is 2. The smallest absolute Gasteiger partial charge is 0.253 e. The van der Waals surface area contributed by atoms with Crippen LogP contribution < -0.4 is 14.9 Å². The lowest BCUT2D eigenvalue weighted by Gasteiger charge is -2.34. The third kappa shape index (κ3) is 6.21. The molecule has 1 aliphatic heterocycles. The van der Waals surface area contributed by atoms with Crippen LogP contribution in [0.5, 0.6) is 0 Å². The number of rotatable bonds is 8. The van der Waals surface area contributed by atoms with E-state index in [4.69, 9.17) is 11.6 Å². The molecule has 2 aromatic rings. The Hall–Kier alpha value is -2.09. The van der Waals surface area contributed by atoms with E-state index in [2.05, 4.69) is 28.8 Å². The van der Waals surface area contributed by atoms with E-state index >= 15 is 0 Å². The van der Waals surface area contributed by atoms with Crippen LogP contribution in [0.1, 0.15) is 43.5 Å². The van der Waals surface area contributed by atoms with E-state index in [1.54, 1.807) is 12.1 Å². The van der Waals surface area contributed by atoms with E-state index < -0.39 is 10.0 Å². The number of para-hydroxylation sites is 1. The molecular weight excluding hydrogens is 434 g/mol. The first-order valence-corrected chi connectivity index (χ1v) is 12.6. The minimum atomic E-state index is -3.59. The average molecular weight is 464 g/mol. The molecule has 1 heterocycles. The number of amides is 1. The van der Waals surface area contributed by atoms with Gasteiger partial charge >= 0.3 is 0 Å². The molecule has 1 aliphatic rings. The van der Waals surface area contributed by atoms with Gasteiger partial charge in [0.05, 0.1) is 10.5 Å². The van der Waals surface area contributed by atoms with Gasteiger partial charge in [0.25, 0.3) is 5.91 Å². The van der Waals surface area contributed by atoms with Gasteiger partial charge in [-0.05, 0) is 55.2 Å². The highest BCUT2D eigenvalue weighted by Crippen LogP contribution is 2.25. The first-order valence-electron chi connectivity index (χ1n) is 10.7. The quantitative estimate of drug-likeness (QED) is 0.618. The molecule has 1 saturated heterocycles. The Balaban J connectivity index is 1.62. The predicted octanol–water partition coefficient (Wildman–Crippen LogP) is 4.06. The summed E-state index contributed by atoms with van der Waals surface area (Å²) in [5.41, 5.74) is 1.55. The molecule has 0 aliphatic carbocycles. The van der Waals surface area contributed by atoms with Gasteiger partial charge in [-0.3, -0.25) is 4.79 Å². The van der Waals surface area contributed by atoms with Gasteiger partial charge in [-0.15, -0.1) is 0 Å². The molecule has 0 radical (unpaired) electrons. The van der Waals surface area contributed by atoms with E-state index in [9.17, 15) is 13.2 Å². The van der Waals surface area contributed by atoms with Crippen molar-refractivity contribution in [2.45, 2.75) is 44.0 Å². The summed E-state index contributed by atoms with van der Waals surface area (Å²) in [6.07, 6.45) is 2.34. The first kappa shape index (κ1) is 23.6. The van der Waals surface area contributed by atoms with Crippen LogP contribution in [0.25, 0.3) is 0 Å². The summed E-state index contributed by atoms with van der Waals surface area (Å²) in [6, 6.07) is 13.6. The van der Waals surface area contributed by atoms with Crippen LogP contribution in [-0.4, -0.2) is 40.0 Å². The maximum atomic E-state index is 12.7. The fourth-order valence-corrected chi connectivity index (χ4v) is 5.02. The molecule has 2 aromatic carbocycles. The number of carbonyl (C=O) groups is 1. The second kappa shape index (κ2) is 10.5. The molecule has 0 bridgehead atoms. The molecule has 0 aromatic heterocycles. The first-order chi connectivity index (χ1) is 14.8. The fourth-order valence-electron chi connectivity index (χ4n) is 3.59. The minimum absolute atomic E-state index is 0.0681. The SMILES string of the molecule is CCC(C)CNC(=O)c1ccccc1N1CCC(NS(=O)(=O)c2ccc(Cl)cc2)CC1. The zero-order valence-corrected chi connectivity index (χ0v) is 19.5. The zero-order valence-electron chi connectivity index (χ0n) is 18.0. The van der Waals surface area contributed by atoms with Crippen LogP contribution in [0.3, 0.4) is 0 Å². The average Bonchev–Trinajstić information content (AvgIpc) is 2.77. The molecule has 168 valence electrons. The molecular formula is C23H30ClN3O3S. The number of nitrogens with one attached hydrogen (secondary N) is 2. The number of anilines is 1. The minimum Gasteiger partial charge on any atom is -0.371 e. The molecule has 6 nitrogen and oxygen atoms in total. The Morgan fingerprint density at radius 3 is 2.42 bits per heavy atom. The summed E-state index contributed by atoms with van der Waals surface area (Å²) in [4.78, 5) is 15.1. The third-order valence-corrected chi connectivity index (χ3v) is 7.53. The van der Waals surface area contributed by atoms with Crippen LogP contribution in [0, 0.1) is 5.92 Å². The lowest BCUT2D eigenvalue weighted by molar-refractivity contribution is 0.0948. The van der Waals surface area contributed by atoms with Gasteiger partial charge in [0.15, 0.2) is 0 Å². The lowest BCUT2D eigenvalue weighted by Crippen LogP contribution is -2.45. The third-order valence-electron chi connectivity index (χ3n) is 5.74. The van der Waals surface area contributed by atoms with Gasteiger partial charge in [-0.25, -0.2) is 13.1 Å². The Kier molecular flexibility index (Phi) is 7.97. The molecule has 0 spiro atoms. The summed E-state index contributed by atoms with van der Waals surface area (Å²) < 4.78 is 28.1. The van der Waals surface area contributed by atoms with Crippen molar-refractivity contribution in [1.82, 2.24) is 10.0 Å². The molecule has 8 heteroatoms. The van der Waals surface area contributed by atoms with Crippen molar-refractivity contribution in [3.8, 4) is 0 Å². The summed E-state index contributed by atoms with van der Waals surface area (Å²) in [5.74, 6) is 0.363. The summed E-state index contributed by atoms with van der Waals surface area (Å²) in [5, 5.41) is 3.52. The van der Waals surface area contributed by atoms with Gasteiger partial charge < -0.3 is 10.2 Å². The zero-order chi connectivity index (χ0) is 22.4. The number of piperidine rings is 1. The van der Waals surface area contributed by atoms with Crippen molar-refractivity contribution in [2.24, 2.45) is 5.92 Å². The second-order valence-corrected chi connectivity index (χ2v) is 10.2. The van der Waals surface area contributed by atoms with Gasteiger partial charge in [0, 0.05) is 36.4 Å². The number of nitrogens with zero attached hydrogens (tertiary/aromatic N) is 1. The van der Waals surface area contributed by atoms with Crippen molar-refractivity contribution in [3.05, 3.63) is 59.1 Å². The normalized spacial score (nSPS) is 16.2. The van der Waals surface area contributed by atoms with Crippen molar-refractivity contribution in [1.29, 1.82) is 0 Å².